The van der Waals surface area contributed by atoms with Gasteiger partial charge >= 0.3 is 0 Å². The second-order valence-corrected chi connectivity index (χ2v) is 5.54. The Morgan fingerprint density at radius 1 is 0.895 bits per heavy atom. The highest BCUT2D eigenvalue weighted by Gasteiger charge is 2.12. The third kappa shape index (κ3) is 3.05. The molecule has 0 saturated heterocycles. The van der Waals surface area contributed by atoms with Crippen molar-refractivity contribution in [3.63, 3.8) is 0 Å². The Morgan fingerprint density at radius 2 is 1.53 bits per heavy atom. The summed E-state index contributed by atoms with van der Waals surface area (Å²) in [6, 6.07) is 13.0. The molecule has 0 aliphatic heterocycles. The number of hydrogen-bond acceptors (Lipinski definition) is 1. The molecule has 0 saturated carbocycles. The smallest absolute Gasteiger partial charge is 0.0338 e. The molecule has 0 fully saturated rings. The number of aryl methyl sites for hydroxylation is 4. The van der Waals surface area contributed by atoms with Crippen molar-refractivity contribution in [3.05, 3.63) is 69.8 Å². The largest absolute Gasteiger partial charge is 0.324 e. The molecule has 0 heterocycles. The van der Waals surface area contributed by atoms with Crippen LogP contribution in [0.5, 0.6) is 0 Å². The molecule has 2 rings (SSSR count). The van der Waals surface area contributed by atoms with E-state index < -0.39 is 0 Å². The van der Waals surface area contributed by atoms with Crippen LogP contribution >= 0.6 is 0 Å². The van der Waals surface area contributed by atoms with Crippen LogP contribution in [0.3, 0.4) is 0 Å². The van der Waals surface area contributed by atoms with Crippen molar-refractivity contribution in [3.8, 4) is 0 Å². The van der Waals surface area contributed by atoms with E-state index in [4.69, 9.17) is 5.73 Å². The van der Waals surface area contributed by atoms with Crippen LogP contribution in [0.4, 0.5) is 0 Å². The van der Waals surface area contributed by atoms with Gasteiger partial charge in [-0.1, -0.05) is 42.0 Å². The fourth-order valence-corrected chi connectivity index (χ4v) is 2.74. The van der Waals surface area contributed by atoms with Crippen molar-refractivity contribution in [2.75, 3.05) is 0 Å². The maximum absolute atomic E-state index is 6.42. The first-order chi connectivity index (χ1) is 8.99. The monoisotopic (exact) mass is 253 g/mol. The molecule has 0 spiro atoms. The highest BCUT2D eigenvalue weighted by Crippen LogP contribution is 2.24. The summed E-state index contributed by atoms with van der Waals surface area (Å²) >= 11 is 0. The molecule has 1 heteroatoms. The van der Waals surface area contributed by atoms with Crippen LogP contribution in [0.2, 0.25) is 0 Å². The van der Waals surface area contributed by atoms with Gasteiger partial charge in [-0.3, -0.25) is 0 Å². The molecule has 1 nitrogen and oxygen atoms in total. The molecule has 19 heavy (non-hydrogen) atoms. The van der Waals surface area contributed by atoms with Gasteiger partial charge in [-0.25, -0.2) is 0 Å². The molecule has 2 N–H and O–H groups in total. The first-order valence-electron chi connectivity index (χ1n) is 6.87. The van der Waals surface area contributed by atoms with Gasteiger partial charge in [0.2, 0.25) is 0 Å². The van der Waals surface area contributed by atoms with E-state index in [-0.39, 0.29) is 6.04 Å². The van der Waals surface area contributed by atoms with Gasteiger partial charge in [-0.15, -0.1) is 0 Å². The quantitative estimate of drug-likeness (QED) is 0.873. The molecule has 0 aliphatic carbocycles. The number of hydrogen-bond donors (Lipinski definition) is 1. The topological polar surface area (TPSA) is 26.0 Å². The Labute approximate surface area is 116 Å². The summed E-state index contributed by atoms with van der Waals surface area (Å²) in [6.45, 7) is 8.59. The molecule has 0 aromatic heterocycles. The number of nitrogens with two attached hydrogens (primary N) is 1. The minimum atomic E-state index is 0.0698. The summed E-state index contributed by atoms with van der Waals surface area (Å²) in [5.74, 6) is 0. The van der Waals surface area contributed by atoms with Crippen LogP contribution in [0.1, 0.15) is 39.4 Å². The third-order valence-electron chi connectivity index (χ3n) is 3.89. The van der Waals surface area contributed by atoms with Crippen molar-refractivity contribution >= 4 is 0 Å². The summed E-state index contributed by atoms with van der Waals surface area (Å²) in [7, 11) is 0. The van der Waals surface area contributed by atoms with E-state index in [1.807, 2.05) is 0 Å². The van der Waals surface area contributed by atoms with Crippen LogP contribution < -0.4 is 5.73 Å². The van der Waals surface area contributed by atoms with Crippen molar-refractivity contribution in [1.29, 1.82) is 0 Å². The van der Waals surface area contributed by atoms with E-state index in [9.17, 15) is 0 Å². The first-order valence-corrected chi connectivity index (χ1v) is 6.87. The summed E-state index contributed by atoms with van der Waals surface area (Å²) in [6.07, 6.45) is 0.905. The normalized spacial score (nSPS) is 12.5. The summed E-state index contributed by atoms with van der Waals surface area (Å²) in [5.41, 5.74) is 14.3. The number of benzene rings is 2. The average molecular weight is 253 g/mol. The highest BCUT2D eigenvalue weighted by molar-refractivity contribution is 5.38. The van der Waals surface area contributed by atoms with Crippen LogP contribution in [-0.4, -0.2) is 0 Å². The second-order valence-electron chi connectivity index (χ2n) is 5.54. The minimum Gasteiger partial charge on any atom is -0.324 e. The van der Waals surface area contributed by atoms with Gasteiger partial charge in [0.1, 0.15) is 0 Å². The van der Waals surface area contributed by atoms with Gasteiger partial charge in [0.05, 0.1) is 0 Å². The van der Waals surface area contributed by atoms with Gasteiger partial charge in [-0.2, -0.15) is 0 Å². The Hall–Kier alpha value is -1.60. The van der Waals surface area contributed by atoms with Crippen molar-refractivity contribution in [2.24, 2.45) is 5.73 Å². The van der Waals surface area contributed by atoms with Crippen molar-refractivity contribution in [1.82, 2.24) is 0 Å². The molecular weight excluding hydrogens is 230 g/mol. The molecule has 2 aromatic rings. The zero-order valence-corrected chi connectivity index (χ0v) is 12.3. The van der Waals surface area contributed by atoms with Crippen LogP contribution in [0.25, 0.3) is 0 Å². The van der Waals surface area contributed by atoms with Gasteiger partial charge < -0.3 is 5.73 Å². The van der Waals surface area contributed by atoms with Gasteiger partial charge in [-0.05, 0) is 61.9 Å². The lowest BCUT2D eigenvalue weighted by molar-refractivity contribution is 0.710. The van der Waals surface area contributed by atoms with E-state index in [0.29, 0.717) is 0 Å². The molecule has 0 amide bonds. The standard InChI is InChI=1S/C18H23N/c1-12-8-9-16(15(4)10-12)18(19)11-17-13(2)6-5-7-14(17)3/h5-10,18H,11,19H2,1-4H3. The molecule has 1 atom stereocenters. The van der Waals surface area contributed by atoms with E-state index in [1.54, 1.807) is 0 Å². The van der Waals surface area contributed by atoms with E-state index in [0.717, 1.165) is 6.42 Å². The van der Waals surface area contributed by atoms with Gasteiger partial charge in [0, 0.05) is 6.04 Å². The van der Waals surface area contributed by atoms with Crippen LogP contribution in [0.15, 0.2) is 36.4 Å². The van der Waals surface area contributed by atoms with Crippen LogP contribution in [-0.2, 0) is 6.42 Å². The fourth-order valence-electron chi connectivity index (χ4n) is 2.74. The molecule has 1 unspecified atom stereocenters. The average Bonchev–Trinajstić information content (AvgIpc) is 2.33. The predicted octanol–water partition coefficient (Wildman–Crippen LogP) is 4.16. The molecule has 100 valence electrons. The second kappa shape index (κ2) is 5.58. The highest BCUT2D eigenvalue weighted by atomic mass is 14.6. The predicted molar refractivity (Wildman–Crippen MR) is 82.5 cm³/mol. The summed E-state index contributed by atoms with van der Waals surface area (Å²) < 4.78 is 0. The fraction of sp³-hybridized carbons (Fsp3) is 0.333. The maximum Gasteiger partial charge on any atom is 0.0338 e. The first kappa shape index (κ1) is 13.8. The van der Waals surface area contributed by atoms with Crippen molar-refractivity contribution < 1.29 is 0 Å². The minimum absolute atomic E-state index is 0.0698. The van der Waals surface area contributed by atoms with Crippen molar-refractivity contribution in [2.45, 2.75) is 40.2 Å². The Balaban J connectivity index is 2.28. The maximum atomic E-state index is 6.42. The van der Waals surface area contributed by atoms with E-state index in [1.165, 1.54) is 33.4 Å². The van der Waals surface area contributed by atoms with E-state index in [2.05, 4.69) is 64.1 Å². The molecule has 2 aromatic carbocycles. The molecule has 0 bridgehead atoms. The zero-order valence-electron chi connectivity index (χ0n) is 12.3. The third-order valence-corrected chi connectivity index (χ3v) is 3.89. The lowest BCUT2D eigenvalue weighted by atomic mass is 9.91. The van der Waals surface area contributed by atoms with Crippen LogP contribution in [0, 0.1) is 27.7 Å². The lowest BCUT2D eigenvalue weighted by Crippen LogP contribution is -2.16. The Morgan fingerprint density at radius 3 is 2.11 bits per heavy atom. The van der Waals surface area contributed by atoms with Gasteiger partial charge in [0.25, 0.3) is 0 Å². The Kier molecular flexibility index (Phi) is 4.06. The molecule has 0 aliphatic rings. The Bertz CT molecular complexity index is 564. The molecule has 0 radical (unpaired) electrons. The summed E-state index contributed by atoms with van der Waals surface area (Å²) in [4.78, 5) is 0. The summed E-state index contributed by atoms with van der Waals surface area (Å²) in [5, 5.41) is 0. The van der Waals surface area contributed by atoms with E-state index >= 15 is 0 Å². The number of rotatable bonds is 3. The molecular formula is C18H23N. The van der Waals surface area contributed by atoms with Gasteiger partial charge in [0.15, 0.2) is 0 Å². The lowest BCUT2D eigenvalue weighted by Gasteiger charge is -2.18. The SMILES string of the molecule is Cc1ccc(C(N)Cc2c(C)cccc2C)c(C)c1. The zero-order chi connectivity index (χ0) is 14.0.